The van der Waals surface area contributed by atoms with Gasteiger partial charge < -0.3 is 10.2 Å². The molecular formula is C21H27N3O3S. The van der Waals surface area contributed by atoms with Gasteiger partial charge in [-0.15, -0.1) is 0 Å². The number of benzene rings is 2. The fourth-order valence-corrected chi connectivity index (χ4v) is 3.46. The van der Waals surface area contributed by atoms with Gasteiger partial charge in [-0.1, -0.05) is 44.2 Å². The number of nitrogens with zero attached hydrogens (tertiary/aromatic N) is 1. The van der Waals surface area contributed by atoms with Crippen LogP contribution in [0.1, 0.15) is 29.8 Å². The number of anilines is 1. The SMILES string of the molecule is CCN(CC)CCNC(=O)c1ccc(NS(=O)(=O)/C=C/c2ccccc2)cc1. The van der Waals surface area contributed by atoms with Crippen LogP contribution in [0.15, 0.2) is 60.0 Å². The van der Waals surface area contributed by atoms with Crippen LogP contribution >= 0.6 is 0 Å². The minimum atomic E-state index is -3.63. The topological polar surface area (TPSA) is 78.5 Å². The highest BCUT2D eigenvalue weighted by atomic mass is 32.2. The molecule has 28 heavy (non-hydrogen) atoms. The van der Waals surface area contributed by atoms with Crippen molar-refractivity contribution in [1.82, 2.24) is 10.2 Å². The first kappa shape index (κ1) is 21.7. The fraction of sp³-hybridized carbons (Fsp3) is 0.286. The molecule has 2 aromatic rings. The van der Waals surface area contributed by atoms with Crippen LogP contribution in [0.2, 0.25) is 0 Å². The number of nitrogens with one attached hydrogen (secondary N) is 2. The maximum Gasteiger partial charge on any atom is 0.255 e. The summed E-state index contributed by atoms with van der Waals surface area (Å²) < 4.78 is 26.8. The summed E-state index contributed by atoms with van der Waals surface area (Å²) in [5, 5.41) is 4.00. The number of likely N-dealkylation sites (N-methyl/N-ethyl adjacent to an activating group) is 1. The van der Waals surface area contributed by atoms with Crippen LogP contribution < -0.4 is 10.0 Å². The average molecular weight is 402 g/mol. The number of sulfonamides is 1. The maximum atomic E-state index is 12.2. The third kappa shape index (κ3) is 7.17. The lowest BCUT2D eigenvalue weighted by Gasteiger charge is -2.17. The summed E-state index contributed by atoms with van der Waals surface area (Å²) in [6, 6.07) is 15.5. The van der Waals surface area contributed by atoms with E-state index >= 15 is 0 Å². The van der Waals surface area contributed by atoms with E-state index in [1.807, 2.05) is 30.3 Å². The Kier molecular flexibility index (Phi) is 8.22. The normalized spacial score (nSPS) is 11.7. The summed E-state index contributed by atoms with van der Waals surface area (Å²) in [6.45, 7) is 7.42. The predicted molar refractivity (Wildman–Crippen MR) is 115 cm³/mol. The molecule has 0 aliphatic carbocycles. The number of carbonyl (C=O) groups excluding carboxylic acids is 1. The number of amides is 1. The Balaban J connectivity index is 1.91. The lowest BCUT2D eigenvalue weighted by atomic mass is 10.2. The Morgan fingerprint density at radius 2 is 1.64 bits per heavy atom. The van der Waals surface area contributed by atoms with Gasteiger partial charge in [0.2, 0.25) is 0 Å². The number of hydrogen-bond donors (Lipinski definition) is 2. The molecule has 0 aliphatic rings. The van der Waals surface area contributed by atoms with E-state index in [-0.39, 0.29) is 5.91 Å². The maximum absolute atomic E-state index is 12.2. The van der Waals surface area contributed by atoms with Gasteiger partial charge in [-0.25, -0.2) is 8.42 Å². The van der Waals surface area contributed by atoms with E-state index in [4.69, 9.17) is 0 Å². The van der Waals surface area contributed by atoms with E-state index in [1.165, 1.54) is 6.08 Å². The second-order valence-corrected chi connectivity index (χ2v) is 7.79. The largest absolute Gasteiger partial charge is 0.351 e. The predicted octanol–water partition coefficient (Wildman–Crippen LogP) is 3.17. The van der Waals surface area contributed by atoms with Crippen molar-refractivity contribution >= 4 is 27.7 Å². The Morgan fingerprint density at radius 1 is 1.00 bits per heavy atom. The van der Waals surface area contributed by atoms with Crippen molar-refractivity contribution in [2.45, 2.75) is 13.8 Å². The summed E-state index contributed by atoms with van der Waals surface area (Å²) in [5.41, 5.74) is 1.68. The van der Waals surface area contributed by atoms with Gasteiger partial charge in [-0.2, -0.15) is 0 Å². The molecule has 0 aromatic heterocycles. The van der Waals surface area contributed by atoms with Gasteiger partial charge >= 0.3 is 0 Å². The first-order valence-electron chi connectivity index (χ1n) is 9.30. The molecule has 0 atom stereocenters. The van der Waals surface area contributed by atoms with E-state index in [0.29, 0.717) is 17.8 Å². The zero-order valence-corrected chi connectivity index (χ0v) is 17.1. The molecule has 150 valence electrons. The molecule has 7 heteroatoms. The molecule has 6 nitrogen and oxygen atoms in total. The van der Waals surface area contributed by atoms with Crippen LogP contribution in [0.3, 0.4) is 0 Å². The van der Waals surface area contributed by atoms with E-state index < -0.39 is 10.0 Å². The van der Waals surface area contributed by atoms with Gasteiger partial charge in [-0.05, 0) is 49.0 Å². The zero-order chi connectivity index (χ0) is 20.4. The van der Waals surface area contributed by atoms with Crippen molar-refractivity contribution in [3.8, 4) is 0 Å². The van der Waals surface area contributed by atoms with Crippen LogP contribution in [0, 0.1) is 0 Å². The molecule has 2 rings (SSSR count). The quantitative estimate of drug-likeness (QED) is 0.641. The van der Waals surface area contributed by atoms with Gasteiger partial charge in [0.25, 0.3) is 15.9 Å². The van der Waals surface area contributed by atoms with Crippen LogP contribution in [-0.4, -0.2) is 45.4 Å². The Bertz CT molecular complexity index is 875. The molecule has 0 saturated heterocycles. The molecule has 0 unspecified atom stereocenters. The lowest BCUT2D eigenvalue weighted by molar-refractivity contribution is 0.0949. The van der Waals surface area contributed by atoms with Gasteiger partial charge in [0.1, 0.15) is 0 Å². The summed E-state index contributed by atoms with van der Waals surface area (Å²) in [7, 11) is -3.63. The number of carbonyl (C=O) groups is 1. The molecule has 0 saturated carbocycles. The van der Waals surface area contributed by atoms with E-state index in [1.54, 1.807) is 24.3 Å². The smallest absolute Gasteiger partial charge is 0.255 e. The highest BCUT2D eigenvalue weighted by Crippen LogP contribution is 2.13. The van der Waals surface area contributed by atoms with Crippen molar-refractivity contribution in [3.05, 3.63) is 71.1 Å². The Hall–Kier alpha value is -2.64. The van der Waals surface area contributed by atoms with Crippen molar-refractivity contribution in [3.63, 3.8) is 0 Å². The third-order valence-electron chi connectivity index (χ3n) is 4.25. The molecule has 2 N–H and O–H groups in total. The van der Waals surface area contributed by atoms with Crippen LogP contribution in [0.5, 0.6) is 0 Å². The minimum Gasteiger partial charge on any atom is -0.351 e. The van der Waals surface area contributed by atoms with Crippen LogP contribution in [-0.2, 0) is 10.0 Å². The summed E-state index contributed by atoms with van der Waals surface area (Å²) in [4.78, 5) is 14.4. The standard InChI is InChI=1S/C21H27N3O3S/c1-3-24(4-2)16-15-22-21(25)19-10-12-20(13-11-19)23-28(26,27)17-14-18-8-6-5-7-9-18/h5-14,17,23H,3-4,15-16H2,1-2H3,(H,22,25)/b17-14+. The molecule has 0 aliphatic heterocycles. The lowest BCUT2D eigenvalue weighted by Crippen LogP contribution is -2.34. The molecule has 0 bridgehead atoms. The number of hydrogen-bond acceptors (Lipinski definition) is 4. The summed E-state index contributed by atoms with van der Waals surface area (Å²) in [6.07, 6.45) is 1.53. The van der Waals surface area contributed by atoms with E-state index in [9.17, 15) is 13.2 Å². The second-order valence-electron chi connectivity index (χ2n) is 6.22. The molecule has 0 radical (unpaired) electrons. The molecule has 2 aromatic carbocycles. The van der Waals surface area contributed by atoms with Crippen molar-refractivity contribution in [2.75, 3.05) is 30.9 Å². The highest BCUT2D eigenvalue weighted by Gasteiger charge is 2.09. The van der Waals surface area contributed by atoms with Gasteiger partial charge in [0.15, 0.2) is 0 Å². The van der Waals surface area contributed by atoms with Crippen LogP contribution in [0.4, 0.5) is 5.69 Å². The fourth-order valence-electron chi connectivity index (χ4n) is 2.59. The summed E-state index contributed by atoms with van der Waals surface area (Å²) in [5.74, 6) is -0.175. The Labute approximate surface area is 167 Å². The van der Waals surface area contributed by atoms with Gasteiger partial charge in [-0.3, -0.25) is 9.52 Å². The molecule has 0 heterocycles. The third-order valence-corrected chi connectivity index (χ3v) is 5.27. The van der Waals surface area contributed by atoms with Gasteiger partial charge in [0, 0.05) is 24.3 Å². The van der Waals surface area contributed by atoms with Crippen molar-refractivity contribution < 1.29 is 13.2 Å². The van der Waals surface area contributed by atoms with E-state index in [0.717, 1.165) is 30.6 Å². The average Bonchev–Trinajstić information content (AvgIpc) is 2.71. The molecule has 0 fully saturated rings. The van der Waals surface area contributed by atoms with Crippen LogP contribution in [0.25, 0.3) is 6.08 Å². The highest BCUT2D eigenvalue weighted by molar-refractivity contribution is 7.95. The molecule has 0 spiro atoms. The van der Waals surface area contributed by atoms with E-state index in [2.05, 4.69) is 28.8 Å². The molecule has 1 amide bonds. The van der Waals surface area contributed by atoms with Gasteiger partial charge in [0.05, 0.1) is 5.41 Å². The zero-order valence-electron chi connectivity index (χ0n) is 16.3. The first-order chi connectivity index (χ1) is 13.4. The monoisotopic (exact) mass is 401 g/mol. The first-order valence-corrected chi connectivity index (χ1v) is 10.8. The second kappa shape index (κ2) is 10.6. The minimum absolute atomic E-state index is 0.175. The van der Waals surface area contributed by atoms with Crippen molar-refractivity contribution in [1.29, 1.82) is 0 Å². The summed E-state index contributed by atoms with van der Waals surface area (Å²) >= 11 is 0. The molecular weight excluding hydrogens is 374 g/mol. The van der Waals surface area contributed by atoms with Crippen molar-refractivity contribution in [2.24, 2.45) is 0 Å². The Morgan fingerprint density at radius 3 is 2.25 bits per heavy atom. The number of rotatable bonds is 10.